The van der Waals surface area contributed by atoms with Gasteiger partial charge in [0.05, 0.1) is 12.2 Å². The van der Waals surface area contributed by atoms with Gasteiger partial charge < -0.3 is 10.6 Å². The molecular formula is C25H29N5O3. The molecule has 0 aromatic heterocycles. The number of Topliss-reactive ketones (excluding diaryl/α,β-unsaturated/α-hetero) is 1. The van der Waals surface area contributed by atoms with Crippen LogP contribution in [0.15, 0.2) is 65.8 Å². The lowest BCUT2D eigenvalue weighted by Crippen LogP contribution is -2.48. The molecular weight excluding hydrogens is 418 g/mol. The number of anilines is 2. The number of amides is 2. The van der Waals surface area contributed by atoms with Gasteiger partial charge in [0.1, 0.15) is 11.8 Å². The van der Waals surface area contributed by atoms with Gasteiger partial charge in [-0.05, 0) is 44.0 Å². The SMILES string of the molecule is CC(=O)[C@@H]1CC(C(=O)NC2CCN(CC(=O)Nc3ccccc3)CC2)=NN1c1ccccc1. The van der Waals surface area contributed by atoms with Crippen LogP contribution in [0.5, 0.6) is 0 Å². The first-order valence-corrected chi connectivity index (χ1v) is 11.3. The van der Waals surface area contributed by atoms with E-state index in [1.54, 1.807) is 5.01 Å². The minimum absolute atomic E-state index is 0.0208. The van der Waals surface area contributed by atoms with Crippen LogP contribution in [0.2, 0.25) is 0 Å². The summed E-state index contributed by atoms with van der Waals surface area (Å²) in [5.74, 6) is -0.285. The van der Waals surface area contributed by atoms with Gasteiger partial charge in [-0.3, -0.25) is 24.3 Å². The van der Waals surface area contributed by atoms with Gasteiger partial charge in [0, 0.05) is 31.2 Å². The molecule has 1 atom stereocenters. The van der Waals surface area contributed by atoms with E-state index in [9.17, 15) is 14.4 Å². The number of likely N-dealkylation sites (tertiary alicyclic amines) is 1. The number of para-hydroxylation sites is 2. The highest BCUT2D eigenvalue weighted by molar-refractivity contribution is 6.40. The normalized spacial score (nSPS) is 19.1. The zero-order chi connectivity index (χ0) is 23.2. The monoisotopic (exact) mass is 447 g/mol. The van der Waals surface area contributed by atoms with Crippen LogP contribution in [0.4, 0.5) is 11.4 Å². The second-order valence-corrected chi connectivity index (χ2v) is 8.50. The van der Waals surface area contributed by atoms with E-state index < -0.39 is 6.04 Å². The van der Waals surface area contributed by atoms with Crippen molar-refractivity contribution in [2.45, 2.75) is 38.3 Å². The Morgan fingerprint density at radius 3 is 2.24 bits per heavy atom. The Morgan fingerprint density at radius 1 is 0.970 bits per heavy atom. The van der Waals surface area contributed by atoms with Gasteiger partial charge in [0.2, 0.25) is 5.91 Å². The molecule has 2 N–H and O–H groups in total. The molecule has 1 saturated heterocycles. The molecule has 8 heteroatoms. The van der Waals surface area contributed by atoms with E-state index in [1.165, 1.54) is 6.92 Å². The fourth-order valence-electron chi connectivity index (χ4n) is 4.21. The Balaban J connectivity index is 1.27. The summed E-state index contributed by atoms with van der Waals surface area (Å²) < 4.78 is 0. The predicted octanol–water partition coefficient (Wildman–Crippen LogP) is 2.43. The average molecular weight is 448 g/mol. The second kappa shape index (κ2) is 10.4. The zero-order valence-corrected chi connectivity index (χ0v) is 18.7. The summed E-state index contributed by atoms with van der Waals surface area (Å²) in [6, 6.07) is 18.4. The van der Waals surface area contributed by atoms with Crippen molar-refractivity contribution in [3.8, 4) is 0 Å². The summed E-state index contributed by atoms with van der Waals surface area (Å²) in [5, 5.41) is 12.1. The first-order chi connectivity index (χ1) is 16.0. The van der Waals surface area contributed by atoms with Crippen LogP contribution >= 0.6 is 0 Å². The van der Waals surface area contributed by atoms with Crippen LogP contribution in [0.25, 0.3) is 0 Å². The highest BCUT2D eigenvalue weighted by Crippen LogP contribution is 2.25. The Hall–Kier alpha value is -3.52. The van der Waals surface area contributed by atoms with E-state index in [4.69, 9.17) is 0 Å². The molecule has 0 saturated carbocycles. The van der Waals surface area contributed by atoms with Crippen molar-refractivity contribution in [2.24, 2.45) is 5.10 Å². The number of hydrogen-bond acceptors (Lipinski definition) is 6. The van der Waals surface area contributed by atoms with Crippen molar-refractivity contribution < 1.29 is 14.4 Å². The number of hydrazone groups is 1. The molecule has 2 amide bonds. The third-order valence-electron chi connectivity index (χ3n) is 6.01. The molecule has 4 rings (SSSR count). The number of carbonyl (C=O) groups excluding carboxylic acids is 3. The van der Waals surface area contributed by atoms with Crippen molar-refractivity contribution in [2.75, 3.05) is 30.0 Å². The minimum Gasteiger partial charge on any atom is -0.348 e. The van der Waals surface area contributed by atoms with Crippen molar-refractivity contribution in [3.05, 3.63) is 60.7 Å². The van der Waals surface area contributed by atoms with Gasteiger partial charge in [-0.2, -0.15) is 5.10 Å². The molecule has 0 radical (unpaired) electrons. The van der Waals surface area contributed by atoms with Crippen LogP contribution in [-0.2, 0) is 14.4 Å². The van der Waals surface area contributed by atoms with Crippen molar-refractivity contribution in [3.63, 3.8) is 0 Å². The smallest absolute Gasteiger partial charge is 0.267 e. The van der Waals surface area contributed by atoms with Crippen LogP contribution in [0.1, 0.15) is 26.2 Å². The van der Waals surface area contributed by atoms with Crippen LogP contribution < -0.4 is 15.6 Å². The number of nitrogens with zero attached hydrogens (tertiary/aromatic N) is 3. The van der Waals surface area contributed by atoms with E-state index >= 15 is 0 Å². The molecule has 172 valence electrons. The maximum atomic E-state index is 12.9. The zero-order valence-electron chi connectivity index (χ0n) is 18.7. The molecule has 33 heavy (non-hydrogen) atoms. The maximum Gasteiger partial charge on any atom is 0.267 e. The number of ketones is 1. The molecule has 2 aliphatic heterocycles. The number of nitrogens with one attached hydrogen (secondary N) is 2. The van der Waals surface area contributed by atoms with E-state index in [1.807, 2.05) is 60.7 Å². The van der Waals surface area contributed by atoms with Crippen molar-refractivity contribution >= 4 is 34.7 Å². The van der Waals surface area contributed by atoms with Crippen LogP contribution in [-0.4, -0.2) is 59.9 Å². The largest absolute Gasteiger partial charge is 0.348 e. The Labute approximate surface area is 193 Å². The first-order valence-electron chi connectivity index (χ1n) is 11.3. The molecule has 2 heterocycles. The Morgan fingerprint density at radius 2 is 1.61 bits per heavy atom. The molecule has 0 bridgehead atoms. The number of carbonyl (C=O) groups is 3. The maximum absolute atomic E-state index is 12.9. The molecule has 2 aromatic rings. The second-order valence-electron chi connectivity index (χ2n) is 8.50. The van der Waals surface area contributed by atoms with Crippen molar-refractivity contribution in [1.29, 1.82) is 0 Å². The molecule has 8 nitrogen and oxygen atoms in total. The molecule has 1 fully saturated rings. The summed E-state index contributed by atoms with van der Waals surface area (Å²) in [7, 11) is 0. The molecule has 0 unspecified atom stereocenters. The van der Waals surface area contributed by atoms with Crippen molar-refractivity contribution in [1.82, 2.24) is 10.2 Å². The number of hydrogen-bond donors (Lipinski definition) is 2. The number of benzene rings is 2. The van der Waals surface area contributed by atoms with E-state index in [2.05, 4.69) is 20.6 Å². The summed E-state index contributed by atoms with van der Waals surface area (Å²) >= 11 is 0. The lowest BCUT2D eigenvalue weighted by molar-refractivity contribution is -0.119. The van der Waals surface area contributed by atoms with E-state index in [0.29, 0.717) is 18.7 Å². The lowest BCUT2D eigenvalue weighted by Gasteiger charge is -2.31. The van der Waals surface area contributed by atoms with Gasteiger partial charge in [-0.25, -0.2) is 0 Å². The molecule has 0 aliphatic carbocycles. The fraction of sp³-hybridized carbons (Fsp3) is 0.360. The Kier molecular flexibility index (Phi) is 7.14. The lowest BCUT2D eigenvalue weighted by atomic mass is 10.0. The summed E-state index contributed by atoms with van der Waals surface area (Å²) in [4.78, 5) is 39.4. The average Bonchev–Trinajstić information content (AvgIpc) is 3.28. The highest BCUT2D eigenvalue weighted by Gasteiger charge is 2.35. The third-order valence-corrected chi connectivity index (χ3v) is 6.01. The van der Waals surface area contributed by atoms with E-state index in [-0.39, 0.29) is 23.6 Å². The quantitative estimate of drug-likeness (QED) is 0.680. The number of piperidine rings is 1. The summed E-state index contributed by atoms with van der Waals surface area (Å²) in [6.07, 6.45) is 1.82. The Bertz CT molecular complexity index is 1020. The van der Waals surface area contributed by atoms with Gasteiger partial charge in [-0.1, -0.05) is 36.4 Å². The third kappa shape index (κ3) is 5.84. The predicted molar refractivity (Wildman–Crippen MR) is 128 cm³/mol. The van der Waals surface area contributed by atoms with Gasteiger partial charge in [0.15, 0.2) is 5.78 Å². The standard InChI is InChI=1S/C25H29N5O3/c1-18(31)23-16-22(28-30(23)21-10-6-3-7-11-21)25(33)27-20-12-14-29(15-13-20)17-24(32)26-19-8-4-2-5-9-19/h2-11,20,23H,12-17H2,1H3,(H,26,32)(H,27,33)/t23-/m0/s1. The molecule has 2 aromatic carbocycles. The molecule has 0 spiro atoms. The molecule has 2 aliphatic rings. The van der Waals surface area contributed by atoms with Gasteiger partial charge >= 0.3 is 0 Å². The summed E-state index contributed by atoms with van der Waals surface area (Å²) in [5.41, 5.74) is 1.96. The first kappa shape index (κ1) is 22.7. The topological polar surface area (TPSA) is 94.1 Å². The van der Waals surface area contributed by atoms with E-state index in [0.717, 1.165) is 37.3 Å². The van der Waals surface area contributed by atoms with Gasteiger partial charge in [-0.15, -0.1) is 0 Å². The van der Waals surface area contributed by atoms with Crippen LogP contribution in [0.3, 0.4) is 0 Å². The van der Waals surface area contributed by atoms with Crippen LogP contribution in [0, 0.1) is 0 Å². The minimum atomic E-state index is -0.460. The highest BCUT2D eigenvalue weighted by atomic mass is 16.2. The number of rotatable bonds is 7. The summed E-state index contributed by atoms with van der Waals surface area (Å²) in [6.45, 7) is 3.31. The van der Waals surface area contributed by atoms with Gasteiger partial charge in [0.25, 0.3) is 5.91 Å². The fourth-order valence-corrected chi connectivity index (χ4v) is 4.21.